The van der Waals surface area contributed by atoms with E-state index in [4.69, 9.17) is 4.74 Å². The van der Waals surface area contributed by atoms with Gasteiger partial charge in [-0.05, 0) is 44.5 Å². The highest BCUT2D eigenvalue weighted by Gasteiger charge is 2.41. The SMILES string of the molecule is COc1cc(C(C)N2CCC(C)(C(=O)O)C2)ccc1O. The summed E-state index contributed by atoms with van der Waals surface area (Å²) >= 11 is 0. The van der Waals surface area contributed by atoms with Gasteiger partial charge in [0.2, 0.25) is 0 Å². The van der Waals surface area contributed by atoms with Gasteiger partial charge in [0.15, 0.2) is 11.5 Å². The van der Waals surface area contributed by atoms with E-state index in [9.17, 15) is 15.0 Å². The summed E-state index contributed by atoms with van der Waals surface area (Å²) in [6, 6.07) is 5.35. The van der Waals surface area contributed by atoms with Crippen LogP contribution in [-0.2, 0) is 4.79 Å². The van der Waals surface area contributed by atoms with Crippen molar-refractivity contribution in [3.05, 3.63) is 23.8 Å². The molecule has 20 heavy (non-hydrogen) atoms. The number of rotatable bonds is 4. The molecule has 0 saturated carbocycles. The maximum Gasteiger partial charge on any atom is 0.310 e. The number of carboxylic acids is 1. The summed E-state index contributed by atoms with van der Waals surface area (Å²) in [5, 5.41) is 18.9. The fraction of sp³-hybridized carbons (Fsp3) is 0.533. The Hall–Kier alpha value is -1.75. The number of likely N-dealkylation sites (tertiary alicyclic amines) is 1. The van der Waals surface area contributed by atoms with E-state index in [2.05, 4.69) is 4.90 Å². The van der Waals surface area contributed by atoms with Gasteiger partial charge in [0.1, 0.15) is 0 Å². The van der Waals surface area contributed by atoms with Gasteiger partial charge in [-0.15, -0.1) is 0 Å². The highest BCUT2D eigenvalue weighted by atomic mass is 16.5. The van der Waals surface area contributed by atoms with Gasteiger partial charge in [0.25, 0.3) is 0 Å². The number of ether oxygens (including phenoxy) is 1. The Balaban J connectivity index is 2.17. The lowest BCUT2D eigenvalue weighted by Gasteiger charge is -2.26. The Bertz CT molecular complexity index is 517. The summed E-state index contributed by atoms with van der Waals surface area (Å²) in [4.78, 5) is 13.4. The molecular formula is C15H21NO4. The molecule has 1 fully saturated rings. The van der Waals surface area contributed by atoms with Crippen LogP contribution in [0, 0.1) is 5.41 Å². The predicted molar refractivity (Wildman–Crippen MR) is 75.0 cm³/mol. The molecule has 0 amide bonds. The maximum atomic E-state index is 11.3. The van der Waals surface area contributed by atoms with Crippen molar-refractivity contribution >= 4 is 5.97 Å². The second-order valence-corrected chi connectivity index (χ2v) is 5.69. The van der Waals surface area contributed by atoms with E-state index in [0.717, 1.165) is 12.1 Å². The van der Waals surface area contributed by atoms with E-state index in [-0.39, 0.29) is 11.8 Å². The minimum Gasteiger partial charge on any atom is -0.504 e. The molecule has 1 aromatic carbocycles. The van der Waals surface area contributed by atoms with Crippen molar-refractivity contribution < 1.29 is 19.7 Å². The molecule has 2 atom stereocenters. The number of nitrogens with zero attached hydrogens (tertiary/aromatic N) is 1. The summed E-state index contributed by atoms with van der Waals surface area (Å²) in [6.07, 6.45) is 0.655. The van der Waals surface area contributed by atoms with E-state index in [0.29, 0.717) is 18.7 Å². The average molecular weight is 279 g/mol. The molecule has 1 aromatic rings. The Morgan fingerprint density at radius 2 is 2.20 bits per heavy atom. The minimum absolute atomic E-state index is 0.0886. The number of hydrogen-bond acceptors (Lipinski definition) is 4. The number of carboxylic acid groups (broad SMARTS) is 1. The molecule has 5 nitrogen and oxygen atoms in total. The first-order valence-electron chi connectivity index (χ1n) is 6.72. The van der Waals surface area contributed by atoms with Crippen LogP contribution >= 0.6 is 0 Å². The first-order chi connectivity index (χ1) is 9.37. The number of aliphatic carboxylic acids is 1. The summed E-state index contributed by atoms with van der Waals surface area (Å²) in [5.41, 5.74) is 0.337. The van der Waals surface area contributed by atoms with E-state index < -0.39 is 11.4 Å². The zero-order valence-electron chi connectivity index (χ0n) is 12.1. The molecule has 0 aliphatic carbocycles. The number of phenols is 1. The van der Waals surface area contributed by atoms with Crippen LogP contribution in [0.15, 0.2) is 18.2 Å². The number of hydrogen-bond donors (Lipinski definition) is 2. The number of benzene rings is 1. The smallest absolute Gasteiger partial charge is 0.310 e. The molecule has 0 bridgehead atoms. The van der Waals surface area contributed by atoms with Gasteiger partial charge < -0.3 is 14.9 Å². The van der Waals surface area contributed by atoms with Crippen molar-refractivity contribution in [1.82, 2.24) is 4.90 Å². The van der Waals surface area contributed by atoms with E-state index in [1.165, 1.54) is 7.11 Å². The van der Waals surface area contributed by atoms with Crippen LogP contribution < -0.4 is 4.74 Å². The third kappa shape index (κ3) is 2.58. The molecule has 1 saturated heterocycles. The third-order valence-electron chi connectivity index (χ3n) is 4.25. The maximum absolute atomic E-state index is 11.3. The molecule has 0 spiro atoms. The Labute approximate surface area is 118 Å². The van der Waals surface area contributed by atoms with Crippen molar-refractivity contribution in [2.45, 2.75) is 26.3 Å². The van der Waals surface area contributed by atoms with Crippen molar-refractivity contribution in [2.75, 3.05) is 20.2 Å². The van der Waals surface area contributed by atoms with E-state index in [1.807, 2.05) is 13.0 Å². The highest BCUT2D eigenvalue weighted by molar-refractivity contribution is 5.74. The standard InChI is InChI=1S/C15H21NO4/c1-10(11-4-5-12(17)13(8-11)20-3)16-7-6-15(2,9-16)14(18)19/h4-5,8,10,17H,6-7,9H2,1-3H3,(H,18,19). The first-order valence-corrected chi connectivity index (χ1v) is 6.72. The van der Waals surface area contributed by atoms with Gasteiger partial charge in [-0.25, -0.2) is 0 Å². The lowest BCUT2D eigenvalue weighted by atomic mass is 9.90. The van der Waals surface area contributed by atoms with Crippen LogP contribution in [0.25, 0.3) is 0 Å². The molecule has 1 aliphatic heterocycles. The van der Waals surface area contributed by atoms with Crippen molar-refractivity contribution in [3.8, 4) is 11.5 Å². The van der Waals surface area contributed by atoms with Crippen LogP contribution in [0.3, 0.4) is 0 Å². The fourth-order valence-electron chi connectivity index (χ4n) is 2.67. The van der Waals surface area contributed by atoms with Crippen molar-refractivity contribution in [2.24, 2.45) is 5.41 Å². The minimum atomic E-state index is -0.740. The molecular weight excluding hydrogens is 258 g/mol. The Kier molecular flexibility index (Phi) is 3.90. The molecule has 2 rings (SSSR count). The van der Waals surface area contributed by atoms with Gasteiger partial charge in [-0.3, -0.25) is 9.69 Å². The second kappa shape index (κ2) is 5.32. The number of aromatic hydroxyl groups is 1. The van der Waals surface area contributed by atoms with Crippen molar-refractivity contribution in [3.63, 3.8) is 0 Å². The topological polar surface area (TPSA) is 70.0 Å². The van der Waals surface area contributed by atoms with Gasteiger partial charge in [0.05, 0.1) is 12.5 Å². The Morgan fingerprint density at radius 1 is 1.50 bits per heavy atom. The molecule has 2 N–H and O–H groups in total. The summed E-state index contributed by atoms with van der Waals surface area (Å²) < 4.78 is 5.11. The average Bonchev–Trinajstić information content (AvgIpc) is 2.82. The van der Waals surface area contributed by atoms with Gasteiger partial charge in [-0.1, -0.05) is 6.07 Å². The number of carbonyl (C=O) groups is 1. The van der Waals surface area contributed by atoms with Gasteiger partial charge >= 0.3 is 5.97 Å². The molecule has 0 radical (unpaired) electrons. The van der Waals surface area contributed by atoms with E-state index in [1.54, 1.807) is 19.1 Å². The molecule has 110 valence electrons. The number of phenolic OH excluding ortho intramolecular Hbond substituents is 1. The molecule has 2 unspecified atom stereocenters. The van der Waals surface area contributed by atoms with Gasteiger partial charge in [-0.2, -0.15) is 0 Å². The predicted octanol–water partition coefficient (Wildman–Crippen LogP) is 2.26. The zero-order valence-corrected chi connectivity index (χ0v) is 12.1. The van der Waals surface area contributed by atoms with Crippen LogP contribution in [0.4, 0.5) is 0 Å². The molecule has 5 heteroatoms. The lowest BCUT2D eigenvalue weighted by molar-refractivity contribution is -0.147. The van der Waals surface area contributed by atoms with Gasteiger partial charge in [0, 0.05) is 12.6 Å². The monoisotopic (exact) mass is 279 g/mol. The van der Waals surface area contributed by atoms with E-state index >= 15 is 0 Å². The van der Waals surface area contributed by atoms with Crippen LogP contribution in [0.2, 0.25) is 0 Å². The fourth-order valence-corrected chi connectivity index (χ4v) is 2.67. The highest BCUT2D eigenvalue weighted by Crippen LogP contribution is 2.37. The van der Waals surface area contributed by atoms with Crippen LogP contribution in [-0.4, -0.2) is 41.3 Å². The zero-order chi connectivity index (χ0) is 14.9. The summed E-state index contributed by atoms with van der Waals surface area (Å²) in [5.74, 6) is -0.190. The van der Waals surface area contributed by atoms with Crippen LogP contribution in [0.5, 0.6) is 11.5 Å². The largest absolute Gasteiger partial charge is 0.504 e. The molecule has 0 aromatic heterocycles. The first kappa shape index (κ1) is 14.7. The third-order valence-corrected chi connectivity index (χ3v) is 4.25. The van der Waals surface area contributed by atoms with Crippen molar-refractivity contribution in [1.29, 1.82) is 0 Å². The molecule has 1 aliphatic rings. The van der Waals surface area contributed by atoms with Crippen LogP contribution in [0.1, 0.15) is 31.9 Å². The summed E-state index contributed by atoms with van der Waals surface area (Å²) in [7, 11) is 1.51. The quantitative estimate of drug-likeness (QED) is 0.884. The molecule has 1 heterocycles. The lowest BCUT2D eigenvalue weighted by Crippen LogP contribution is -2.32. The summed E-state index contributed by atoms with van der Waals surface area (Å²) in [6.45, 7) is 5.12. The Morgan fingerprint density at radius 3 is 2.75 bits per heavy atom. The normalized spacial score (nSPS) is 24.6. The second-order valence-electron chi connectivity index (χ2n) is 5.69. The number of methoxy groups -OCH3 is 1.